The van der Waals surface area contributed by atoms with Crippen molar-refractivity contribution in [2.24, 2.45) is 0 Å². The summed E-state index contributed by atoms with van der Waals surface area (Å²) in [7, 11) is 0. The minimum atomic E-state index is -0.444. The molecule has 4 heteroatoms. The van der Waals surface area contributed by atoms with Crippen LogP contribution in [-0.2, 0) is 5.88 Å². The van der Waals surface area contributed by atoms with E-state index in [1.54, 1.807) is 0 Å². The van der Waals surface area contributed by atoms with Crippen LogP contribution >= 0.6 is 22.9 Å². The van der Waals surface area contributed by atoms with Gasteiger partial charge in [0.15, 0.2) is 0 Å². The Labute approximate surface area is 82.8 Å². The van der Waals surface area contributed by atoms with Gasteiger partial charge in [0.05, 0.1) is 0 Å². The number of alkyl halides is 1. The Balaban J connectivity index is 2.84. The summed E-state index contributed by atoms with van der Waals surface area (Å²) in [5, 5.41) is 1.68. The molecule has 0 aliphatic carbocycles. The van der Waals surface area contributed by atoms with Crippen molar-refractivity contribution < 1.29 is 8.78 Å². The van der Waals surface area contributed by atoms with E-state index in [-0.39, 0.29) is 11.7 Å². The lowest BCUT2D eigenvalue weighted by Crippen LogP contribution is -1.82. The van der Waals surface area contributed by atoms with Crippen LogP contribution in [0.4, 0.5) is 8.78 Å². The summed E-state index contributed by atoms with van der Waals surface area (Å²) in [6.07, 6.45) is 0. The number of thiophene rings is 1. The average Bonchev–Trinajstić information content (AvgIpc) is 2.47. The number of hydrogen-bond donors (Lipinski definition) is 0. The molecule has 1 aromatic heterocycles. The maximum Gasteiger partial charge on any atom is 0.141 e. The number of fused-ring (bicyclic) bond motifs is 1. The van der Waals surface area contributed by atoms with E-state index < -0.39 is 5.82 Å². The molecule has 0 spiro atoms. The summed E-state index contributed by atoms with van der Waals surface area (Å²) in [6.45, 7) is 0. The zero-order valence-electron chi connectivity index (χ0n) is 6.48. The largest absolute Gasteiger partial charge is 0.207 e. The second-order valence-corrected chi connectivity index (χ2v) is 3.81. The molecule has 13 heavy (non-hydrogen) atoms. The van der Waals surface area contributed by atoms with Gasteiger partial charge in [-0.1, -0.05) is 0 Å². The summed E-state index contributed by atoms with van der Waals surface area (Å²) in [6, 6.07) is 2.53. The molecule has 0 aliphatic heterocycles. The third-order valence-electron chi connectivity index (χ3n) is 1.81. The molecule has 0 unspecified atom stereocenters. The maximum atomic E-state index is 13.0. The molecule has 0 fully saturated rings. The second kappa shape index (κ2) is 3.24. The van der Waals surface area contributed by atoms with Gasteiger partial charge in [-0.3, -0.25) is 0 Å². The Hall–Kier alpha value is -0.670. The van der Waals surface area contributed by atoms with Crippen molar-refractivity contribution in [1.82, 2.24) is 0 Å². The van der Waals surface area contributed by atoms with E-state index in [2.05, 4.69) is 0 Å². The summed E-state index contributed by atoms with van der Waals surface area (Å²) in [5.74, 6) is -0.625. The molecule has 0 nitrogen and oxygen atoms in total. The third-order valence-corrected chi connectivity index (χ3v) is 3.14. The Morgan fingerprint density at radius 3 is 2.77 bits per heavy atom. The monoisotopic (exact) mass is 218 g/mol. The van der Waals surface area contributed by atoms with Crippen LogP contribution < -0.4 is 0 Å². The van der Waals surface area contributed by atoms with Gasteiger partial charge in [-0.05, 0) is 17.7 Å². The molecular weight excluding hydrogens is 214 g/mol. The normalized spacial score (nSPS) is 11.0. The molecule has 0 atom stereocenters. The van der Waals surface area contributed by atoms with Crippen LogP contribution in [0.2, 0.25) is 0 Å². The van der Waals surface area contributed by atoms with Gasteiger partial charge in [-0.25, -0.2) is 8.78 Å². The lowest BCUT2D eigenvalue weighted by Gasteiger charge is -1.98. The minimum absolute atomic E-state index is 0.203. The van der Waals surface area contributed by atoms with Crippen LogP contribution in [0.5, 0.6) is 0 Å². The van der Waals surface area contributed by atoms with Crippen molar-refractivity contribution >= 4 is 33.0 Å². The fraction of sp³-hybridized carbons (Fsp3) is 0.111. The van der Waals surface area contributed by atoms with Crippen molar-refractivity contribution in [2.45, 2.75) is 5.88 Å². The zero-order valence-corrected chi connectivity index (χ0v) is 8.05. The predicted octanol–water partition coefficient (Wildman–Crippen LogP) is 3.92. The van der Waals surface area contributed by atoms with Crippen LogP contribution in [0.1, 0.15) is 5.56 Å². The number of hydrogen-bond acceptors (Lipinski definition) is 1. The highest BCUT2D eigenvalue weighted by Gasteiger charge is 2.09. The molecule has 68 valence electrons. The lowest BCUT2D eigenvalue weighted by atomic mass is 10.2. The lowest BCUT2D eigenvalue weighted by molar-refractivity contribution is 0.622. The van der Waals surface area contributed by atoms with Gasteiger partial charge in [-0.15, -0.1) is 22.9 Å². The van der Waals surface area contributed by atoms with Crippen molar-refractivity contribution in [3.8, 4) is 0 Å². The molecule has 0 amide bonds. The molecule has 0 N–H and O–H groups in total. The zero-order chi connectivity index (χ0) is 9.42. The van der Waals surface area contributed by atoms with Crippen LogP contribution in [0.25, 0.3) is 10.1 Å². The summed E-state index contributed by atoms with van der Waals surface area (Å²) in [4.78, 5) is 0. The standard InChI is InChI=1S/C9H5ClF2S/c10-3-5-1-6(11)2-7-8(12)4-13-9(5)7/h1-2,4H,3H2. The van der Waals surface area contributed by atoms with E-state index in [1.807, 2.05) is 0 Å². The summed E-state index contributed by atoms with van der Waals surface area (Å²) in [5.41, 5.74) is 0.644. The van der Waals surface area contributed by atoms with Crippen LogP contribution in [0, 0.1) is 11.6 Å². The number of benzene rings is 1. The predicted molar refractivity (Wildman–Crippen MR) is 51.3 cm³/mol. The van der Waals surface area contributed by atoms with Crippen molar-refractivity contribution in [1.29, 1.82) is 0 Å². The molecule has 1 aromatic carbocycles. The summed E-state index contributed by atoms with van der Waals surface area (Å²) >= 11 is 6.85. The highest BCUT2D eigenvalue weighted by atomic mass is 35.5. The molecule has 0 aliphatic rings. The Bertz CT molecular complexity index is 450. The second-order valence-electron chi connectivity index (χ2n) is 2.66. The van der Waals surface area contributed by atoms with E-state index in [1.165, 1.54) is 28.8 Å². The molecule has 1 heterocycles. The van der Waals surface area contributed by atoms with Gasteiger partial charge in [0.1, 0.15) is 11.6 Å². The molecule has 0 saturated heterocycles. The van der Waals surface area contributed by atoms with E-state index in [9.17, 15) is 8.78 Å². The van der Waals surface area contributed by atoms with E-state index in [4.69, 9.17) is 11.6 Å². The highest BCUT2D eigenvalue weighted by molar-refractivity contribution is 7.17. The third kappa shape index (κ3) is 1.42. The first kappa shape index (κ1) is 8.91. The van der Waals surface area contributed by atoms with Crippen molar-refractivity contribution in [2.75, 3.05) is 0 Å². The average molecular weight is 219 g/mol. The van der Waals surface area contributed by atoms with Gasteiger partial charge in [0.2, 0.25) is 0 Å². The highest BCUT2D eigenvalue weighted by Crippen LogP contribution is 2.29. The van der Waals surface area contributed by atoms with E-state index in [0.29, 0.717) is 10.9 Å². The quantitative estimate of drug-likeness (QED) is 0.637. The molecule has 0 bridgehead atoms. The molecule has 2 rings (SSSR count). The smallest absolute Gasteiger partial charge is 0.141 e. The maximum absolute atomic E-state index is 13.0. The van der Waals surface area contributed by atoms with Crippen LogP contribution in [-0.4, -0.2) is 0 Å². The molecule has 0 saturated carbocycles. The van der Waals surface area contributed by atoms with Gasteiger partial charge < -0.3 is 0 Å². The van der Waals surface area contributed by atoms with E-state index >= 15 is 0 Å². The fourth-order valence-corrected chi connectivity index (χ4v) is 2.44. The minimum Gasteiger partial charge on any atom is -0.207 e. The van der Waals surface area contributed by atoms with Crippen molar-refractivity contribution in [3.63, 3.8) is 0 Å². The first-order valence-corrected chi connectivity index (χ1v) is 5.05. The summed E-state index contributed by atoms with van der Waals surface area (Å²) < 4.78 is 26.7. The first-order chi connectivity index (χ1) is 6.22. The molecular formula is C9H5ClF2S. The Morgan fingerprint density at radius 1 is 1.31 bits per heavy atom. The van der Waals surface area contributed by atoms with Gasteiger partial charge in [0.25, 0.3) is 0 Å². The Kier molecular flexibility index (Phi) is 2.22. The first-order valence-electron chi connectivity index (χ1n) is 3.63. The van der Waals surface area contributed by atoms with Crippen molar-refractivity contribution in [3.05, 3.63) is 34.7 Å². The topological polar surface area (TPSA) is 0 Å². The van der Waals surface area contributed by atoms with Gasteiger partial charge in [0, 0.05) is 21.3 Å². The fourth-order valence-electron chi connectivity index (χ4n) is 1.24. The SMILES string of the molecule is Fc1cc(CCl)c2scc(F)c2c1. The van der Waals surface area contributed by atoms with Gasteiger partial charge in [-0.2, -0.15) is 0 Å². The molecule has 2 aromatic rings. The van der Waals surface area contributed by atoms with E-state index in [0.717, 1.165) is 4.70 Å². The number of rotatable bonds is 1. The molecule has 0 radical (unpaired) electrons. The van der Waals surface area contributed by atoms with Gasteiger partial charge >= 0.3 is 0 Å². The Morgan fingerprint density at radius 2 is 2.08 bits per heavy atom. The van der Waals surface area contributed by atoms with Crippen LogP contribution in [0.15, 0.2) is 17.5 Å². The number of halogens is 3. The van der Waals surface area contributed by atoms with Crippen LogP contribution in [0.3, 0.4) is 0 Å².